The summed E-state index contributed by atoms with van der Waals surface area (Å²) in [5, 5.41) is 0.948. The summed E-state index contributed by atoms with van der Waals surface area (Å²) in [6, 6.07) is 0.217. The SMILES string of the molecule is C=C(OC)[C@@H]([NH3+])CCBr. The number of ether oxygens (including phenoxy) is 1. The van der Waals surface area contributed by atoms with Crippen LogP contribution in [0.25, 0.3) is 0 Å². The molecule has 0 amide bonds. The van der Waals surface area contributed by atoms with Crippen LogP contribution in [0.5, 0.6) is 0 Å². The molecule has 0 aromatic heterocycles. The zero-order valence-electron chi connectivity index (χ0n) is 5.69. The minimum absolute atomic E-state index is 0.217. The molecule has 0 rings (SSSR count). The lowest BCUT2D eigenvalue weighted by molar-refractivity contribution is -0.413. The normalized spacial score (nSPS) is 12.8. The largest absolute Gasteiger partial charge is 0.495 e. The van der Waals surface area contributed by atoms with Crippen LogP contribution in [0.1, 0.15) is 6.42 Å². The highest BCUT2D eigenvalue weighted by Gasteiger charge is 2.08. The van der Waals surface area contributed by atoms with Gasteiger partial charge in [-0.1, -0.05) is 22.5 Å². The number of alkyl halides is 1. The van der Waals surface area contributed by atoms with Gasteiger partial charge in [0.15, 0.2) is 0 Å². The third kappa shape index (κ3) is 3.54. The van der Waals surface area contributed by atoms with Crippen molar-refractivity contribution in [3.63, 3.8) is 0 Å². The second kappa shape index (κ2) is 4.82. The molecule has 54 valence electrons. The van der Waals surface area contributed by atoms with Crippen molar-refractivity contribution in [2.45, 2.75) is 12.5 Å². The maximum absolute atomic E-state index is 4.89. The van der Waals surface area contributed by atoms with E-state index in [4.69, 9.17) is 4.74 Å². The van der Waals surface area contributed by atoms with Crippen LogP contribution in [0.15, 0.2) is 12.3 Å². The number of quaternary nitrogens is 1. The molecule has 0 unspecified atom stereocenters. The van der Waals surface area contributed by atoms with Gasteiger partial charge in [-0.25, -0.2) is 0 Å². The number of hydrogen-bond donors (Lipinski definition) is 1. The van der Waals surface area contributed by atoms with E-state index in [0.717, 1.165) is 17.5 Å². The molecule has 0 bridgehead atoms. The molecule has 9 heavy (non-hydrogen) atoms. The number of hydrogen-bond acceptors (Lipinski definition) is 1. The average molecular weight is 195 g/mol. The summed E-state index contributed by atoms with van der Waals surface area (Å²) in [6.07, 6.45) is 0.979. The highest BCUT2D eigenvalue weighted by Crippen LogP contribution is 2.00. The fraction of sp³-hybridized carbons (Fsp3) is 0.667. The third-order valence-corrected chi connectivity index (χ3v) is 1.63. The molecule has 0 aromatic carbocycles. The predicted molar refractivity (Wildman–Crippen MR) is 41.2 cm³/mol. The van der Waals surface area contributed by atoms with E-state index in [1.54, 1.807) is 7.11 Å². The van der Waals surface area contributed by atoms with E-state index in [-0.39, 0.29) is 6.04 Å². The Kier molecular flexibility index (Phi) is 4.81. The van der Waals surface area contributed by atoms with Gasteiger partial charge in [0.2, 0.25) is 0 Å². The Bertz CT molecular complexity index is 95.1. The van der Waals surface area contributed by atoms with Gasteiger partial charge < -0.3 is 10.5 Å². The summed E-state index contributed by atoms with van der Waals surface area (Å²) in [6.45, 7) is 3.69. The molecule has 0 aliphatic rings. The monoisotopic (exact) mass is 194 g/mol. The number of halogens is 1. The molecule has 0 aliphatic heterocycles. The van der Waals surface area contributed by atoms with E-state index in [1.165, 1.54) is 0 Å². The van der Waals surface area contributed by atoms with Gasteiger partial charge in [-0.15, -0.1) is 0 Å². The lowest BCUT2D eigenvalue weighted by Crippen LogP contribution is -2.61. The quantitative estimate of drug-likeness (QED) is 0.516. The minimum atomic E-state index is 0.217. The lowest BCUT2D eigenvalue weighted by Gasteiger charge is -2.07. The van der Waals surface area contributed by atoms with Crippen molar-refractivity contribution < 1.29 is 10.5 Å². The predicted octanol–water partition coefficient (Wildman–Crippen LogP) is 0.542. The summed E-state index contributed by atoms with van der Waals surface area (Å²) in [5.41, 5.74) is 3.84. The Labute approximate surface area is 64.2 Å². The zero-order chi connectivity index (χ0) is 7.28. The van der Waals surface area contributed by atoms with E-state index in [0.29, 0.717) is 0 Å². The summed E-state index contributed by atoms with van der Waals surface area (Å²) >= 11 is 3.31. The Morgan fingerprint density at radius 2 is 2.44 bits per heavy atom. The van der Waals surface area contributed by atoms with Gasteiger partial charge in [0, 0.05) is 11.8 Å². The highest BCUT2D eigenvalue weighted by atomic mass is 79.9. The van der Waals surface area contributed by atoms with E-state index in [2.05, 4.69) is 28.2 Å². The van der Waals surface area contributed by atoms with Gasteiger partial charge in [0.05, 0.1) is 7.11 Å². The van der Waals surface area contributed by atoms with Gasteiger partial charge >= 0.3 is 0 Å². The van der Waals surface area contributed by atoms with E-state index < -0.39 is 0 Å². The highest BCUT2D eigenvalue weighted by molar-refractivity contribution is 9.09. The van der Waals surface area contributed by atoms with Gasteiger partial charge in [-0.05, 0) is 0 Å². The standard InChI is InChI=1S/C6H12BrNO/c1-5(9-2)6(8)3-4-7/h6H,1,3-4,8H2,2H3/p+1/t6-/m0/s1. The lowest BCUT2D eigenvalue weighted by atomic mass is 10.2. The molecule has 0 spiro atoms. The molecule has 1 atom stereocenters. The maximum Gasteiger partial charge on any atom is 0.146 e. The van der Waals surface area contributed by atoms with E-state index in [1.807, 2.05) is 0 Å². The van der Waals surface area contributed by atoms with E-state index >= 15 is 0 Å². The molecule has 0 aliphatic carbocycles. The first-order chi connectivity index (χ1) is 4.22. The van der Waals surface area contributed by atoms with Crippen molar-refractivity contribution >= 4 is 15.9 Å². The molecular formula is C6H13BrNO+. The molecule has 3 heteroatoms. The summed E-state index contributed by atoms with van der Waals surface area (Å²) in [7, 11) is 1.62. The van der Waals surface area contributed by atoms with Crippen LogP contribution in [-0.2, 0) is 4.74 Å². The van der Waals surface area contributed by atoms with Crippen LogP contribution < -0.4 is 5.73 Å². The minimum Gasteiger partial charge on any atom is -0.495 e. The van der Waals surface area contributed by atoms with Crippen molar-refractivity contribution in [2.75, 3.05) is 12.4 Å². The van der Waals surface area contributed by atoms with Crippen LogP contribution >= 0.6 is 15.9 Å². The number of rotatable bonds is 4. The number of methoxy groups -OCH3 is 1. The van der Waals surface area contributed by atoms with Crippen LogP contribution in [0.3, 0.4) is 0 Å². The smallest absolute Gasteiger partial charge is 0.146 e. The maximum atomic E-state index is 4.89. The summed E-state index contributed by atoms with van der Waals surface area (Å²) in [4.78, 5) is 0. The first-order valence-electron chi connectivity index (χ1n) is 2.84. The van der Waals surface area contributed by atoms with Gasteiger partial charge in [-0.3, -0.25) is 0 Å². The first kappa shape index (κ1) is 8.98. The molecular weight excluding hydrogens is 182 g/mol. The first-order valence-corrected chi connectivity index (χ1v) is 3.96. The Morgan fingerprint density at radius 3 is 2.78 bits per heavy atom. The fourth-order valence-electron chi connectivity index (χ4n) is 0.459. The van der Waals surface area contributed by atoms with Crippen LogP contribution in [0, 0.1) is 0 Å². The summed E-state index contributed by atoms with van der Waals surface area (Å²) in [5.74, 6) is 0.759. The van der Waals surface area contributed by atoms with Gasteiger partial charge in [0.1, 0.15) is 11.8 Å². The zero-order valence-corrected chi connectivity index (χ0v) is 7.28. The Morgan fingerprint density at radius 1 is 1.89 bits per heavy atom. The average Bonchev–Trinajstić information content (AvgIpc) is 1.87. The van der Waals surface area contributed by atoms with Crippen LogP contribution in [-0.4, -0.2) is 18.5 Å². The third-order valence-electron chi connectivity index (χ3n) is 1.18. The molecule has 0 saturated carbocycles. The van der Waals surface area contributed by atoms with Crippen molar-refractivity contribution in [3.05, 3.63) is 12.3 Å². The molecule has 0 saturated heterocycles. The molecule has 0 radical (unpaired) electrons. The van der Waals surface area contributed by atoms with Crippen molar-refractivity contribution in [3.8, 4) is 0 Å². The van der Waals surface area contributed by atoms with Gasteiger partial charge in [0.25, 0.3) is 0 Å². The topological polar surface area (TPSA) is 36.9 Å². The van der Waals surface area contributed by atoms with E-state index in [9.17, 15) is 0 Å². The van der Waals surface area contributed by atoms with Gasteiger partial charge in [-0.2, -0.15) is 0 Å². The van der Waals surface area contributed by atoms with Crippen molar-refractivity contribution in [1.82, 2.24) is 0 Å². The van der Waals surface area contributed by atoms with Crippen molar-refractivity contribution in [2.24, 2.45) is 0 Å². The molecule has 3 N–H and O–H groups in total. The van der Waals surface area contributed by atoms with Crippen LogP contribution in [0.2, 0.25) is 0 Å². The fourth-order valence-corrected chi connectivity index (χ4v) is 1.01. The van der Waals surface area contributed by atoms with Crippen molar-refractivity contribution in [1.29, 1.82) is 0 Å². The molecule has 0 heterocycles. The van der Waals surface area contributed by atoms with Crippen LogP contribution in [0.4, 0.5) is 0 Å². The Hall–Kier alpha value is -0.0200. The molecule has 2 nitrogen and oxygen atoms in total. The molecule has 0 fully saturated rings. The second-order valence-electron chi connectivity index (χ2n) is 1.85. The molecule has 0 aromatic rings. The second-order valence-corrected chi connectivity index (χ2v) is 2.64. The summed E-state index contributed by atoms with van der Waals surface area (Å²) < 4.78 is 4.89. The Balaban J connectivity index is 3.45.